The minimum Gasteiger partial charge on any atom is -0.455 e. The fraction of sp³-hybridized carbons (Fsp3) is 0.182. The number of nitrogens with zero attached hydrogens (tertiary/aromatic N) is 3. The first-order chi connectivity index (χ1) is 13.7. The van der Waals surface area contributed by atoms with E-state index in [9.17, 15) is 0 Å². The fourth-order valence-corrected chi connectivity index (χ4v) is 3.87. The van der Waals surface area contributed by atoms with Crippen molar-refractivity contribution in [2.24, 2.45) is 9.98 Å². The van der Waals surface area contributed by atoms with Crippen LogP contribution in [-0.4, -0.2) is 23.2 Å². The van der Waals surface area contributed by atoms with E-state index in [1.807, 2.05) is 73.6 Å². The van der Waals surface area contributed by atoms with Gasteiger partial charge >= 0.3 is 0 Å². The van der Waals surface area contributed by atoms with Gasteiger partial charge in [-0.3, -0.25) is 4.99 Å². The molecule has 6 nitrogen and oxygen atoms in total. The van der Waals surface area contributed by atoms with Crippen LogP contribution in [0, 0.1) is 0 Å². The summed E-state index contributed by atoms with van der Waals surface area (Å²) in [6.45, 7) is 0. The van der Waals surface area contributed by atoms with Crippen LogP contribution in [0.5, 0.6) is 11.5 Å². The molecular formula is C22H22N5O+. The molecule has 0 amide bonds. The van der Waals surface area contributed by atoms with E-state index in [0.29, 0.717) is 28.0 Å². The maximum absolute atomic E-state index is 6.25. The summed E-state index contributed by atoms with van der Waals surface area (Å²) in [7, 11) is 0. The van der Waals surface area contributed by atoms with Crippen LogP contribution < -0.4 is 15.9 Å². The van der Waals surface area contributed by atoms with Crippen molar-refractivity contribution in [2.45, 2.75) is 24.8 Å². The second kappa shape index (κ2) is 6.74. The molecule has 140 valence electrons. The molecule has 1 saturated carbocycles. The number of benzene rings is 2. The summed E-state index contributed by atoms with van der Waals surface area (Å²) in [5.74, 6) is 1.99. The van der Waals surface area contributed by atoms with Gasteiger partial charge < -0.3 is 10.5 Å². The van der Waals surface area contributed by atoms with Crippen LogP contribution in [0.2, 0.25) is 0 Å². The van der Waals surface area contributed by atoms with Crippen LogP contribution in [0.3, 0.4) is 0 Å². The predicted octanol–water partition coefficient (Wildman–Crippen LogP) is 4.07. The molecule has 28 heavy (non-hydrogen) atoms. The summed E-state index contributed by atoms with van der Waals surface area (Å²) in [5, 5.41) is 0. The molecule has 2 aromatic rings. The molecule has 5 rings (SSSR count). The number of allylic oxidation sites excluding steroid dienone is 1. The van der Waals surface area contributed by atoms with E-state index in [1.54, 1.807) is 0 Å². The molecule has 1 fully saturated rings. The van der Waals surface area contributed by atoms with Crippen molar-refractivity contribution >= 4 is 18.2 Å². The van der Waals surface area contributed by atoms with Gasteiger partial charge in [-0.25, -0.2) is 4.99 Å². The molecule has 1 aliphatic carbocycles. The van der Waals surface area contributed by atoms with Gasteiger partial charge in [0, 0.05) is 0 Å². The Morgan fingerprint density at radius 2 is 1.93 bits per heavy atom. The molecule has 1 unspecified atom stereocenters. The van der Waals surface area contributed by atoms with Crippen LogP contribution in [0.4, 0.5) is 5.69 Å². The molecule has 3 N–H and O–H groups in total. The van der Waals surface area contributed by atoms with E-state index >= 15 is 0 Å². The molecule has 0 saturated heterocycles. The van der Waals surface area contributed by atoms with E-state index in [1.165, 1.54) is 5.56 Å². The summed E-state index contributed by atoms with van der Waals surface area (Å²) < 4.78 is 6.33. The largest absolute Gasteiger partial charge is 0.455 e. The summed E-state index contributed by atoms with van der Waals surface area (Å²) in [6.07, 6.45) is 11.5. The highest BCUT2D eigenvalue weighted by atomic mass is 16.5. The van der Waals surface area contributed by atoms with Gasteiger partial charge in [-0.2, -0.15) is 0 Å². The number of aliphatic imine (C=N–C) groups is 2. The van der Waals surface area contributed by atoms with E-state index in [-0.39, 0.29) is 0 Å². The van der Waals surface area contributed by atoms with Crippen molar-refractivity contribution in [3.8, 4) is 11.5 Å². The number of hydrogen-bond acceptors (Lipinski definition) is 5. The number of ether oxygens (including phenoxy) is 1. The van der Waals surface area contributed by atoms with Crippen LogP contribution in [0.25, 0.3) is 0 Å². The quantitative estimate of drug-likeness (QED) is 0.614. The lowest BCUT2D eigenvalue weighted by Crippen LogP contribution is -2.58. The van der Waals surface area contributed by atoms with Crippen LogP contribution in [-0.2, 0) is 0 Å². The summed E-state index contributed by atoms with van der Waals surface area (Å²) in [5.41, 5.74) is 12.9. The molecule has 3 aliphatic rings. The van der Waals surface area contributed by atoms with Crippen molar-refractivity contribution in [1.82, 2.24) is 5.43 Å². The molecule has 2 aliphatic heterocycles. The van der Waals surface area contributed by atoms with Gasteiger partial charge in [-0.15, -0.1) is 10.0 Å². The monoisotopic (exact) mass is 372 g/mol. The van der Waals surface area contributed by atoms with Crippen molar-refractivity contribution in [3.05, 3.63) is 78.4 Å². The Hall–Kier alpha value is -3.22. The maximum Gasteiger partial charge on any atom is 0.219 e. The average molecular weight is 372 g/mol. The van der Waals surface area contributed by atoms with E-state index < -0.39 is 0 Å². The Kier molecular flexibility index (Phi) is 4.07. The average Bonchev–Trinajstić information content (AvgIpc) is 3.11. The van der Waals surface area contributed by atoms with Crippen molar-refractivity contribution in [3.63, 3.8) is 0 Å². The van der Waals surface area contributed by atoms with Crippen LogP contribution in [0.1, 0.15) is 24.3 Å². The van der Waals surface area contributed by atoms with Crippen molar-refractivity contribution < 1.29 is 9.33 Å². The molecule has 6 heteroatoms. The third kappa shape index (κ3) is 3.02. The Bertz CT molecular complexity index is 1000. The molecule has 0 spiro atoms. The predicted molar refractivity (Wildman–Crippen MR) is 111 cm³/mol. The molecule has 0 bridgehead atoms. The zero-order valence-electron chi connectivity index (χ0n) is 15.4. The Balaban J connectivity index is 1.23. The second-order valence-corrected chi connectivity index (χ2v) is 7.38. The second-order valence-electron chi connectivity index (χ2n) is 7.38. The lowest BCUT2D eigenvalue weighted by Gasteiger charge is -2.40. The number of quaternary nitrogens is 1. The minimum absolute atomic E-state index is 0.413. The van der Waals surface area contributed by atoms with Crippen LogP contribution >= 0.6 is 0 Å². The van der Waals surface area contributed by atoms with E-state index in [0.717, 1.165) is 24.3 Å². The third-order valence-electron chi connectivity index (χ3n) is 5.49. The zero-order valence-corrected chi connectivity index (χ0v) is 15.4. The van der Waals surface area contributed by atoms with Crippen molar-refractivity contribution in [1.29, 1.82) is 0 Å². The first kappa shape index (κ1) is 16.9. The number of nitrogens with two attached hydrogens (primary N) is 1. The molecule has 2 heterocycles. The number of fused-ring (bicyclic) bond motifs is 1. The van der Waals surface area contributed by atoms with Gasteiger partial charge in [0.1, 0.15) is 17.7 Å². The van der Waals surface area contributed by atoms with Gasteiger partial charge in [0.05, 0.1) is 30.3 Å². The lowest BCUT2D eigenvalue weighted by molar-refractivity contribution is -0.788. The van der Waals surface area contributed by atoms with Gasteiger partial charge in [0.2, 0.25) is 6.34 Å². The number of nitrogen functional groups attached to an aromatic ring is 1. The SMILES string of the molecule is Nc1cc(C2CC(N[N+]34C=CN=CC3=CN=C4)C2)ccc1Oc1ccccc1. The first-order valence-electron chi connectivity index (χ1n) is 9.46. The third-order valence-corrected chi connectivity index (χ3v) is 5.49. The summed E-state index contributed by atoms with van der Waals surface area (Å²) >= 11 is 0. The lowest BCUT2D eigenvalue weighted by atomic mass is 9.76. The maximum atomic E-state index is 6.25. The number of rotatable bonds is 5. The molecule has 2 aromatic carbocycles. The smallest absolute Gasteiger partial charge is 0.219 e. The number of para-hydroxylation sites is 1. The highest BCUT2D eigenvalue weighted by Gasteiger charge is 2.41. The van der Waals surface area contributed by atoms with E-state index in [2.05, 4.69) is 21.5 Å². The van der Waals surface area contributed by atoms with Gasteiger partial charge in [-0.1, -0.05) is 24.3 Å². The van der Waals surface area contributed by atoms with Crippen LogP contribution in [0.15, 0.2) is 82.8 Å². The Labute approximate surface area is 163 Å². The molecular weight excluding hydrogens is 350 g/mol. The van der Waals surface area contributed by atoms with E-state index in [4.69, 9.17) is 10.5 Å². The number of anilines is 1. The molecule has 1 atom stereocenters. The van der Waals surface area contributed by atoms with Gasteiger partial charge in [0.25, 0.3) is 0 Å². The first-order valence-corrected chi connectivity index (χ1v) is 9.46. The summed E-state index contributed by atoms with van der Waals surface area (Å²) in [4.78, 5) is 8.49. The Morgan fingerprint density at radius 1 is 1.07 bits per heavy atom. The topological polar surface area (TPSA) is 72.0 Å². The standard InChI is InChI=1S/C22H22N5O/c23-21-12-16(6-7-22(21)28-20-4-2-1-3-5-20)17-10-18(11-17)26-27-9-8-24-13-19(27)14-25-15-27/h1-9,12-15,17-18,26H,10-11,23H2/q+1. The molecule has 0 radical (unpaired) electrons. The van der Waals surface area contributed by atoms with Gasteiger partial charge in [-0.05, 0) is 48.6 Å². The number of hydrogen-bond donors (Lipinski definition) is 2. The highest BCUT2D eigenvalue weighted by molar-refractivity contribution is 5.81. The highest BCUT2D eigenvalue weighted by Crippen LogP contribution is 2.40. The van der Waals surface area contributed by atoms with Gasteiger partial charge in [0.15, 0.2) is 5.70 Å². The van der Waals surface area contributed by atoms with Crippen molar-refractivity contribution in [2.75, 3.05) is 5.73 Å². The molecule has 0 aromatic heterocycles. The minimum atomic E-state index is 0.413. The summed E-state index contributed by atoms with van der Waals surface area (Å²) in [6, 6.07) is 16.3. The number of nitrogens with one attached hydrogen (secondary N) is 1. The fourth-order valence-electron chi connectivity index (χ4n) is 3.87. The zero-order chi connectivity index (χ0) is 19.0. The Morgan fingerprint density at radius 3 is 2.75 bits per heavy atom. The normalized spacial score (nSPS) is 27.2.